The average Bonchev–Trinajstić information content (AvgIpc) is 2.80. The second kappa shape index (κ2) is 5.67. The van der Waals surface area contributed by atoms with Crippen molar-refractivity contribution < 1.29 is 9.90 Å². The molecule has 3 N–H and O–H groups in total. The Labute approximate surface area is 119 Å². The van der Waals surface area contributed by atoms with Crippen LogP contribution in [0.4, 0.5) is 0 Å². The number of hydrogen-bond acceptors (Lipinski definition) is 2. The molecule has 0 bridgehead atoms. The van der Waals surface area contributed by atoms with Gasteiger partial charge in [0.2, 0.25) is 0 Å². The number of carbonyl (C=O) groups is 1. The fourth-order valence-corrected chi connectivity index (χ4v) is 2.40. The van der Waals surface area contributed by atoms with Gasteiger partial charge in [-0.25, -0.2) is 0 Å². The molecule has 4 nitrogen and oxygen atoms in total. The summed E-state index contributed by atoms with van der Waals surface area (Å²) in [5, 5.41) is 14.0. The van der Waals surface area contributed by atoms with Crippen LogP contribution >= 0.6 is 0 Å². The van der Waals surface area contributed by atoms with Gasteiger partial charge in [-0.3, -0.25) is 4.79 Å². The number of nitrogens with one attached hydrogen (secondary N) is 2. The van der Waals surface area contributed by atoms with Crippen LogP contribution in [0.25, 0.3) is 10.9 Å². The van der Waals surface area contributed by atoms with E-state index in [-0.39, 0.29) is 12.5 Å². The third-order valence-electron chi connectivity index (χ3n) is 4.01. The number of carbonyl (C=O) groups excluding carboxylic acids is 1. The minimum absolute atomic E-state index is 0.139. The molecule has 0 radical (unpaired) electrons. The van der Waals surface area contributed by atoms with Crippen molar-refractivity contribution in [1.82, 2.24) is 10.3 Å². The number of aromatic nitrogens is 1. The molecule has 0 aliphatic heterocycles. The lowest BCUT2D eigenvalue weighted by molar-refractivity contribution is 0.0314. The van der Waals surface area contributed by atoms with Crippen LogP contribution in [0, 0.1) is 6.92 Å². The van der Waals surface area contributed by atoms with Gasteiger partial charge in [-0.2, -0.15) is 0 Å². The number of para-hydroxylation sites is 1. The Kier molecular flexibility index (Phi) is 4.14. The van der Waals surface area contributed by atoms with Crippen LogP contribution in [0.5, 0.6) is 0 Å². The van der Waals surface area contributed by atoms with Crippen LogP contribution < -0.4 is 5.32 Å². The summed E-state index contributed by atoms with van der Waals surface area (Å²) in [6.45, 7) is 6.01. The van der Waals surface area contributed by atoms with Crippen LogP contribution in [0.3, 0.4) is 0 Å². The van der Waals surface area contributed by atoms with E-state index in [1.54, 1.807) is 0 Å². The average molecular weight is 274 g/mol. The molecule has 1 aromatic carbocycles. The summed E-state index contributed by atoms with van der Waals surface area (Å²) < 4.78 is 0. The molecule has 20 heavy (non-hydrogen) atoms. The second-order valence-corrected chi connectivity index (χ2v) is 5.28. The predicted molar refractivity (Wildman–Crippen MR) is 80.9 cm³/mol. The highest BCUT2D eigenvalue weighted by Gasteiger charge is 2.24. The zero-order valence-electron chi connectivity index (χ0n) is 12.3. The van der Waals surface area contributed by atoms with Gasteiger partial charge in [0.15, 0.2) is 0 Å². The molecule has 0 unspecified atom stereocenters. The molecule has 1 aromatic heterocycles. The zero-order chi connectivity index (χ0) is 14.8. The largest absolute Gasteiger partial charge is 0.388 e. The molecular formula is C16H22N2O2. The van der Waals surface area contributed by atoms with Gasteiger partial charge < -0.3 is 15.4 Å². The van der Waals surface area contributed by atoms with E-state index in [1.807, 2.05) is 45.0 Å². The molecule has 2 rings (SSSR count). The SMILES string of the molecule is CCC(O)(CC)CNC(=O)c1c(C)[nH]c2ccccc12. The van der Waals surface area contributed by atoms with Crippen molar-refractivity contribution in [3.05, 3.63) is 35.5 Å². The van der Waals surface area contributed by atoms with E-state index in [0.717, 1.165) is 16.6 Å². The summed E-state index contributed by atoms with van der Waals surface area (Å²) in [4.78, 5) is 15.6. The molecule has 0 saturated carbocycles. The summed E-state index contributed by atoms with van der Waals surface area (Å²) in [6.07, 6.45) is 1.24. The van der Waals surface area contributed by atoms with Gasteiger partial charge in [-0.1, -0.05) is 32.0 Å². The molecule has 108 valence electrons. The van der Waals surface area contributed by atoms with E-state index in [4.69, 9.17) is 0 Å². The van der Waals surface area contributed by atoms with E-state index in [9.17, 15) is 9.90 Å². The summed E-state index contributed by atoms with van der Waals surface area (Å²) in [5.74, 6) is -0.139. The Morgan fingerprint density at radius 2 is 1.95 bits per heavy atom. The summed E-state index contributed by atoms with van der Waals surface area (Å²) in [6, 6.07) is 7.74. The predicted octanol–water partition coefficient (Wildman–Crippen LogP) is 2.76. The smallest absolute Gasteiger partial charge is 0.253 e. The maximum absolute atomic E-state index is 12.4. The topological polar surface area (TPSA) is 65.1 Å². The van der Waals surface area contributed by atoms with Crippen molar-refractivity contribution in [3.63, 3.8) is 0 Å². The van der Waals surface area contributed by atoms with Crippen molar-refractivity contribution >= 4 is 16.8 Å². The van der Waals surface area contributed by atoms with Crippen LogP contribution in [0.15, 0.2) is 24.3 Å². The number of amides is 1. The Morgan fingerprint density at radius 3 is 2.60 bits per heavy atom. The van der Waals surface area contributed by atoms with E-state index in [1.165, 1.54) is 0 Å². The van der Waals surface area contributed by atoms with Crippen LogP contribution in [0.1, 0.15) is 42.7 Å². The van der Waals surface area contributed by atoms with Gasteiger partial charge in [0, 0.05) is 23.1 Å². The number of aliphatic hydroxyl groups is 1. The highest BCUT2D eigenvalue weighted by molar-refractivity contribution is 6.08. The van der Waals surface area contributed by atoms with Gasteiger partial charge in [0.25, 0.3) is 5.91 Å². The molecule has 1 amide bonds. The number of aryl methyl sites for hydroxylation is 1. The quantitative estimate of drug-likeness (QED) is 0.785. The minimum Gasteiger partial charge on any atom is -0.388 e. The van der Waals surface area contributed by atoms with Crippen LogP contribution in [0.2, 0.25) is 0 Å². The van der Waals surface area contributed by atoms with Crippen molar-refractivity contribution in [2.75, 3.05) is 6.54 Å². The Balaban J connectivity index is 2.22. The van der Waals surface area contributed by atoms with Crippen LogP contribution in [-0.2, 0) is 0 Å². The fraction of sp³-hybridized carbons (Fsp3) is 0.438. The molecule has 0 atom stereocenters. The van der Waals surface area contributed by atoms with Gasteiger partial charge in [0.05, 0.1) is 11.2 Å². The molecule has 0 aliphatic carbocycles. The van der Waals surface area contributed by atoms with Crippen molar-refractivity contribution in [1.29, 1.82) is 0 Å². The monoisotopic (exact) mass is 274 g/mol. The zero-order valence-corrected chi connectivity index (χ0v) is 12.3. The lowest BCUT2D eigenvalue weighted by atomic mass is 9.97. The molecule has 0 aliphatic rings. The van der Waals surface area contributed by atoms with Crippen molar-refractivity contribution in [2.24, 2.45) is 0 Å². The van der Waals surface area contributed by atoms with E-state index < -0.39 is 5.60 Å². The fourth-order valence-electron chi connectivity index (χ4n) is 2.40. The highest BCUT2D eigenvalue weighted by atomic mass is 16.3. The minimum atomic E-state index is -0.824. The standard InChI is InChI=1S/C16H22N2O2/c1-4-16(20,5-2)10-17-15(19)14-11(3)18-13-9-7-6-8-12(13)14/h6-9,18,20H,4-5,10H2,1-3H3,(H,17,19). The van der Waals surface area contributed by atoms with E-state index in [0.29, 0.717) is 18.4 Å². The molecule has 0 spiro atoms. The normalized spacial score (nSPS) is 11.8. The lowest BCUT2D eigenvalue weighted by Gasteiger charge is -2.25. The van der Waals surface area contributed by atoms with Gasteiger partial charge in [0.1, 0.15) is 0 Å². The number of benzene rings is 1. The summed E-state index contributed by atoms with van der Waals surface area (Å²) >= 11 is 0. The number of rotatable bonds is 5. The first-order valence-electron chi connectivity index (χ1n) is 7.08. The molecule has 0 fully saturated rings. The number of hydrogen-bond donors (Lipinski definition) is 3. The third kappa shape index (κ3) is 2.70. The third-order valence-corrected chi connectivity index (χ3v) is 4.01. The first-order chi connectivity index (χ1) is 9.50. The van der Waals surface area contributed by atoms with Gasteiger partial charge in [-0.15, -0.1) is 0 Å². The Bertz CT molecular complexity index is 612. The lowest BCUT2D eigenvalue weighted by Crippen LogP contribution is -2.42. The molecule has 2 aromatic rings. The van der Waals surface area contributed by atoms with Crippen LogP contribution in [-0.4, -0.2) is 28.1 Å². The molecule has 1 heterocycles. The summed E-state index contributed by atoms with van der Waals surface area (Å²) in [7, 11) is 0. The van der Waals surface area contributed by atoms with Gasteiger partial charge in [-0.05, 0) is 25.8 Å². The van der Waals surface area contributed by atoms with Crippen molar-refractivity contribution in [3.8, 4) is 0 Å². The molecule has 0 saturated heterocycles. The molecular weight excluding hydrogens is 252 g/mol. The first kappa shape index (κ1) is 14.6. The number of H-pyrrole nitrogens is 1. The van der Waals surface area contributed by atoms with Gasteiger partial charge >= 0.3 is 0 Å². The van der Waals surface area contributed by atoms with E-state index >= 15 is 0 Å². The summed E-state index contributed by atoms with van der Waals surface area (Å²) in [5.41, 5.74) is 1.64. The maximum Gasteiger partial charge on any atom is 0.253 e. The highest BCUT2D eigenvalue weighted by Crippen LogP contribution is 2.22. The Hall–Kier alpha value is -1.81. The first-order valence-corrected chi connectivity index (χ1v) is 7.08. The second-order valence-electron chi connectivity index (χ2n) is 5.28. The van der Waals surface area contributed by atoms with E-state index in [2.05, 4.69) is 10.3 Å². The number of aromatic amines is 1. The van der Waals surface area contributed by atoms with Crippen molar-refractivity contribution in [2.45, 2.75) is 39.2 Å². The Morgan fingerprint density at radius 1 is 1.30 bits per heavy atom. The number of fused-ring (bicyclic) bond motifs is 1. The molecule has 4 heteroatoms. The maximum atomic E-state index is 12.4.